The van der Waals surface area contributed by atoms with Gasteiger partial charge < -0.3 is 15.1 Å². The minimum absolute atomic E-state index is 0.133. The van der Waals surface area contributed by atoms with Crippen LogP contribution in [0.4, 0.5) is 0 Å². The first kappa shape index (κ1) is 17.6. The van der Waals surface area contributed by atoms with Crippen LogP contribution in [0.1, 0.15) is 34.7 Å². The Kier molecular flexibility index (Phi) is 4.42. The molecular weight excluding hydrogens is 322 g/mol. The summed E-state index contributed by atoms with van der Waals surface area (Å²) in [4.78, 5) is 14.5. The maximum Gasteiger partial charge on any atom is 0.272 e. The molecule has 25 heavy (non-hydrogen) atoms. The van der Waals surface area contributed by atoms with Gasteiger partial charge in [0, 0.05) is 31.9 Å². The van der Waals surface area contributed by atoms with Gasteiger partial charge in [-0.05, 0) is 32.8 Å². The Morgan fingerprint density at radius 2 is 2.00 bits per heavy atom. The van der Waals surface area contributed by atoms with Gasteiger partial charge in [0.2, 0.25) is 0 Å². The molecule has 1 fully saturated rings. The van der Waals surface area contributed by atoms with Gasteiger partial charge in [0.05, 0.1) is 24.5 Å². The predicted octanol–water partition coefficient (Wildman–Crippen LogP) is 0.397. The van der Waals surface area contributed by atoms with E-state index in [0.29, 0.717) is 30.8 Å². The lowest BCUT2D eigenvalue weighted by Gasteiger charge is -2.37. The van der Waals surface area contributed by atoms with Crippen LogP contribution in [0.3, 0.4) is 0 Å². The number of hydrogen-bond donors (Lipinski definition) is 2. The first-order valence-electron chi connectivity index (χ1n) is 8.43. The molecule has 2 aromatic rings. The molecule has 1 atom stereocenters. The highest BCUT2D eigenvalue weighted by Gasteiger charge is 2.35. The minimum atomic E-state index is -1.22. The number of carbonyl (C=O) groups excluding carboxylic acids is 1. The number of aliphatic hydroxyl groups is 2. The zero-order valence-electron chi connectivity index (χ0n) is 15.2. The van der Waals surface area contributed by atoms with E-state index in [0.717, 1.165) is 17.0 Å². The fourth-order valence-corrected chi connectivity index (χ4v) is 3.51. The molecule has 8 nitrogen and oxygen atoms in total. The van der Waals surface area contributed by atoms with Crippen molar-refractivity contribution in [3.05, 3.63) is 23.1 Å². The van der Waals surface area contributed by atoms with Crippen molar-refractivity contribution < 1.29 is 15.0 Å². The van der Waals surface area contributed by atoms with E-state index < -0.39 is 5.60 Å². The predicted molar refractivity (Wildman–Crippen MR) is 92.1 cm³/mol. The lowest BCUT2D eigenvalue weighted by atomic mass is 9.93. The van der Waals surface area contributed by atoms with Crippen LogP contribution in [0.25, 0.3) is 11.3 Å². The Bertz CT molecular complexity index is 810. The van der Waals surface area contributed by atoms with Crippen LogP contribution < -0.4 is 0 Å². The van der Waals surface area contributed by atoms with Crippen LogP contribution in [0, 0.1) is 13.8 Å². The Morgan fingerprint density at radius 3 is 2.60 bits per heavy atom. The van der Waals surface area contributed by atoms with Gasteiger partial charge in [-0.3, -0.25) is 14.2 Å². The molecule has 0 aliphatic carbocycles. The van der Waals surface area contributed by atoms with E-state index >= 15 is 0 Å². The molecule has 1 aliphatic rings. The molecule has 0 bridgehead atoms. The van der Waals surface area contributed by atoms with Crippen molar-refractivity contribution in [1.29, 1.82) is 0 Å². The fourth-order valence-electron chi connectivity index (χ4n) is 3.51. The number of aromatic nitrogens is 4. The van der Waals surface area contributed by atoms with Crippen molar-refractivity contribution in [2.24, 2.45) is 14.1 Å². The number of rotatable bonds is 3. The second-order valence-corrected chi connectivity index (χ2v) is 6.92. The maximum absolute atomic E-state index is 12.9. The Morgan fingerprint density at radius 1 is 1.28 bits per heavy atom. The van der Waals surface area contributed by atoms with Gasteiger partial charge in [0.25, 0.3) is 5.91 Å². The molecule has 1 aliphatic heterocycles. The zero-order chi connectivity index (χ0) is 18.4. The van der Waals surface area contributed by atoms with E-state index in [1.807, 2.05) is 20.9 Å². The maximum atomic E-state index is 12.9. The number of carbonyl (C=O) groups is 1. The molecule has 0 spiro atoms. The highest BCUT2D eigenvalue weighted by atomic mass is 16.3. The van der Waals surface area contributed by atoms with Gasteiger partial charge in [-0.15, -0.1) is 0 Å². The molecular formula is C17H25N5O3. The van der Waals surface area contributed by atoms with E-state index in [4.69, 9.17) is 0 Å². The van der Waals surface area contributed by atoms with Gasteiger partial charge >= 0.3 is 0 Å². The summed E-state index contributed by atoms with van der Waals surface area (Å²) in [6, 6.07) is 1.77. The Labute approximate surface area is 146 Å². The Balaban J connectivity index is 1.91. The van der Waals surface area contributed by atoms with Crippen molar-refractivity contribution in [2.75, 3.05) is 19.7 Å². The second kappa shape index (κ2) is 6.27. The lowest BCUT2D eigenvalue weighted by Crippen LogP contribution is -2.52. The summed E-state index contributed by atoms with van der Waals surface area (Å²) >= 11 is 0. The number of hydrogen-bond acceptors (Lipinski definition) is 5. The molecule has 136 valence electrons. The summed E-state index contributed by atoms with van der Waals surface area (Å²) in [5.41, 5.74) is 2.74. The first-order valence-corrected chi connectivity index (χ1v) is 8.43. The third-order valence-corrected chi connectivity index (χ3v) is 5.00. The monoisotopic (exact) mass is 347 g/mol. The number of β-amino-alcohol motifs (C(OH)–C–C–N with tert-alkyl or cyclic N) is 1. The second-order valence-electron chi connectivity index (χ2n) is 6.92. The van der Waals surface area contributed by atoms with Crippen molar-refractivity contribution in [3.8, 4) is 11.3 Å². The van der Waals surface area contributed by atoms with E-state index in [1.165, 1.54) is 0 Å². The zero-order valence-corrected chi connectivity index (χ0v) is 15.2. The molecule has 0 unspecified atom stereocenters. The van der Waals surface area contributed by atoms with Crippen LogP contribution in [0.15, 0.2) is 6.07 Å². The minimum Gasteiger partial charge on any atom is -0.393 e. The largest absolute Gasteiger partial charge is 0.393 e. The van der Waals surface area contributed by atoms with Crippen molar-refractivity contribution >= 4 is 5.91 Å². The van der Waals surface area contributed by atoms with Crippen LogP contribution in [-0.2, 0) is 14.1 Å². The summed E-state index contributed by atoms with van der Waals surface area (Å²) in [5.74, 6) is -0.188. The number of aliphatic hydroxyl groups excluding tert-OH is 1. The van der Waals surface area contributed by atoms with Gasteiger partial charge in [0.1, 0.15) is 11.3 Å². The van der Waals surface area contributed by atoms with Crippen LogP contribution in [-0.4, -0.2) is 65.9 Å². The van der Waals surface area contributed by atoms with E-state index in [2.05, 4.69) is 10.2 Å². The number of likely N-dealkylation sites (tertiary alicyclic amines) is 1. The van der Waals surface area contributed by atoms with Gasteiger partial charge in [-0.1, -0.05) is 0 Å². The van der Waals surface area contributed by atoms with Crippen LogP contribution >= 0.6 is 0 Å². The molecule has 3 heterocycles. The molecule has 8 heteroatoms. The SMILES string of the molecule is Cc1nn(C)c(C)c1-c1cc(C(=O)N2CCC[C@](O)(CO)C2)n(C)n1. The number of aryl methyl sites for hydroxylation is 3. The number of piperidine rings is 1. The first-order chi connectivity index (χ1) is 11.8. The lowest BCUT2D eigenvalue weighted by molar-refractivity contribution is -0.0600. The molecule has 3 rings (SSSR count). The molecule has 2 N–H and O–H groups in total. The molecule has 1 saturated heterocycles. The van der Waals surface area contributed by atoms with Gasteiger partial charge in [-0.2, -0.15) is 10.2 Å². The summed E-state index contributed by atoms with van der Waals surface area (Å²) in [5, 5.41) is 28.6. The highest BCUT2D eigenvalue weighted by molar-refractivity contribution is 5.94. The number of nitrogens with zero attached hydrogens (tertiary/aromatic N) is 5. The van der Waals surface area contributed by atoms with Crippen molar-refractivity contribution in [1.82, 2.24) is 24.5 Å². The molecule has 1 amide bonds. The van der Waals surface area contributed by atoms with Gasteiger partial charge in [0.15, 0.2) is 0 Å². The van der Waals surface area contributed by atoms with Gasteiger partial charge in [-0.25, -0.2) is 0 Å². The summed E-state index contributed by atoms with van der Waals surface area (Å²) in [6.07, 6.45) is 1.16. The average molecular weight is 347 g/mol. The smallest absolute Gasteiger partial charge is 0.272 e. The summed E-state index contributed by atoms with van der Waals surface area (Å²) in [6.45, 7) is 4.24. The molecule has 0 aromatic carbocycles. The van der Waals surface area contributed by atoms with Crippen molar-refractivity contribution in [2.45, 2.75) is 32.3 Å². The Hall–Kier alpha value is -2.19. The van der Waals surface area contributed by atoms with Crippen molar-refractivity contribution in [3.63, 3.8) is 0 Å². The summed E-state index contributed by atoms with van der Waals surface area (Å²) < 4.78 is 3.36. The van der Waals surface area contributed by atoms with Crippen LogP contribution in [0.2, 0.25) is 0 Å². The normalized spacial score (nSPS) is 21.0. The molecule has 0 saturated carbocycles. The molecule has 2 aromatic heterocycles. The fraction of sp³-hybridized carbons (Fsp3) is 0.588. The number of amides is 1. The molecule has 0 radical (unpaired) electrons. The average Bonchev–Trinajstić information content (AvgIpc) is 3.06. The topological polar surface area (TPSA) is 96.4 Å². The summed E-state index contributed by atoms with van der Waals surface area (Å²) in [7, 11) is 3.62. The van der Waals surface area contributed by atoms with Crippen LogP contribution in [0.5, 0.6) is 0 Å². The quantitative estimate of drug-likeness (QED) is 0.838. The van der Waals surface area contributed by atoms with E-state index in [1.54, 1.807) is 27.4 Å². The van der Waals surface area contributed by atoms with E-state index in [9.17, 15) is 15.0 Å². The third-order valence-electron chi connectivity index (χ3n) is 5.00. The highest BCUT2D eigenvalue weighted by Crippen LogP contribution is 2.27. The standard InChI is InChI=1S/C17H25N5O3/c1-11-15(12(2)20(3)18-11)13-8-14(21(4)19-13)16(24)22-7-5-6-17(25,9-22)10-23/h8,23,25H,5-7,9-10H2,1-4H3/t17-/m1/s1. The van der Waals surface area contributed by atoms with E-state index in [-0.39, 0.29) is 19.1 Å². The third kappa shape index (κ3) is 3.07.